The van der Waals surface area contributed by atoms with E-state index >= 15 is 0 Å². The van der Waals surface area contributed by atoms with Crippen LogP contribution in [-0.4, -0.2) is 46.2 Å². The normalized spacial score (nSPS) is 17.3. The molecule has 1 N–H and O–H groups in total. The number of nitrogens with one attached hydrogen (secondary N) is 1. The van der Waals surface area contributed by atoms with Gasteiger partial charge in [-0.2, -0.15) is 0 Å². The second-order valence-corrected chi connectivity index (χ2v) is 4.02. The summed E-state index contributed by atoms with van der Waals surface area (Å²) in [7, 11) is 0. The third-order valence-electron chi connectivity index (χ3n) is 3.06. The zero-order chi connectivity index (χ0) is 11.4. The first-order valence-corrected chi connectivity index (χ1v) is 5.82. The Morgan fingerprint density at radius 3 is 2.88 bits per heavy atom. The van der Waals surface area contributed by atoms with Crippen molar-refractivity contribution in [3.8, 4) is 0 Å². The number of carbonyl (C=O) groups is 1. The zero-order valence-electron chi connectivity index (χ0n) is 9.59. The number of rotatable bonds is 2. The molecule has 0 unspecified atom stereocenters. The average Bonchev–Trinajstić information content (AvgIpc) is 2.85. The third kappa shape index (κ3) is 2.24. The number of imidazole rings is 1. The molecule has 0 bridgehead atoms. The molecular formula is C11H18N4O. The number of amides is 1. The van der Waals surface area contributed by atoms with Gasteiger partial charge in [-0.1, -0.05) is 0 Å². The molecule has 1 aromatic rings. The maximum absolute atomic E-state index is 12.2. The third-order valence-corrected chi connectivity index (χ3v) is 3.06. The topological polar surface area (TPSA) is 50.2 Å². The highest BCUT2D eigenvalue weighted by Crippen LogP contribution is 2.13. The van der Waals surface area contributed by atoms with Gasteiger partial charge in [0.15, 0.2) is 0 Å². The fourth-order valence-electron chi connectivity index (χ4n) is 2.19. The van der Waals surface area contributed by atoms with Crippen molar-refractivity contribution in [2.45, 2.75) is 25.8 Å². The van der Waals surface area contributed by atoms with E-state index in [2.05, 4.69) is 10.3 Å². The Morgan fingerprint density at radius 1 is 1.56 bits per heavy atom. The Kier molecular flexibility index (Phi) is 3.56. The molecule has 5 nitrogen and oxygen atoms in total. The van der Waals surface area contributed by atoms with E-state index in [4.69, 9.17) is 0 Å². The molecule has 1 aliphatic heterocycles. The first-order valence-electron chi connectivity index (χ1n) is 5.82. The van der Waals surface area contributed by atoms with E-state index in [0.29, 0.717) is 6.04 Å². The monoisotopic (exact) mass is 222 g/mol. The van der Waals surface area contributed by atoms with Crippen molar-refractivity contribution < 1.29 is 4.79 Å². The Morgan fingerprint density at radius 2 is 2.31 bits per heavy atom. The Labute approximate surface area is 95.5 Å². The van der Waals surface area contributed by atoms with Crippen LogP contribution in [0.2, 0.25) is 0 Å². The van der Waals surface area contributed by atoms with Crippen molar-refractivity contribution in [1.82, 2.24) is 19.8 Å². The van der Waals surface area contributed by atoms with Crippen molar-refractivity contribution in [2.75, 3.05) is 19.6 Å². The minimum atomic E-state index is 0.0342. The van der Waals surface area contributed by atoms with Gasteiger partial charge in [0.1, 0.15) is 6.33 Å². The first-order chi connectivity index (χ1) is 7.83. The number of hydrogen-bond donors (Lipinski definition) is 1. The average molecular weight is 222 g/mol. The van der Waals surface area contributed by atoms with Crippen molar-refractivity contribution in [3.63, 3.8) is 0 Å². The lowest BCUT2D eigenvalue weighted by atomic mass is 10.1. The van der Waals surface area contributed by atoms with Gasteiger partial charge in [-0.3, -0.25) is 4.57 Å². The maximum atomic E-state index is 12.2. The molecule has 0 spiro atoms. The van der Waals surface area contributed by atoms with Crippen LogP contribution in [0.4, 0.5) is 4.79 Å². The summed E-state index contributed by atoms with van der Waals surface area (Å²) in [6.07, 6.45) is 6.97. The summed E-state index contributed by atoms with van der Waals surface area (Å²) in [5.41, 5.74) is 0. The molecule has 0 atom stereocenters. The number of hydrogen-bond acceptors (Lipinski definition) is 3. The van der Waals surface area contributed by atoms with Gasteiger partial charge in [-0.15, -0.1) is 0 Å². The van der Waals surface area contributed by atoms with Gasteiger partial charge in [-0.25, -0.2) is 9.78 Å². The highest BCUT2D eigenvalue weighted by molar-refractivity contribution is 5.76. The summed E-state index contributed by atoms with van der Waals surface area (Å²) >= 11 is 0. The molecule has 0 saturated carbocycles. The van der Waals surface area contributed by atoms with E-state index in [0.717, 1.165) is 32.5 Å². The Hall–Kier alpha value is -1.36. The standard InChI is InChI=1S/C11H18N4O/c1-2-15(10-3-5-12-6-4-10)11(16)14-8-7-13-9-14/h7-10,12H,2-6H2,1H3. The molecule has 5 heteroatoms. The van der Waals surface area contributed by atoms with Crippen LogP contribution in [0.1, 0.15) is 19.8 Å². The van der Waals surface area contributed by atoms with Gasteiger partial charge in [0, 0.05) is 25.0 Å². The lowest BCUT2D eigenvalue weighted by molar-refractivity contribution is 0.164. The molecule has 1 aliphatic rings. The minimum absolute atomic E-state index is 0.0342. The molecule has 2 heterocycles. The molecule has 88 valence electrons. The number of piperidine rings is 1. The van der Waals surface area contributed by atoms with Crippen molar-refractivity contribution in [2.24, 2.45) is 0 Å². The Bertz CT molecular complexity index is 330. The molecule has 2 rings (SSSR count). The SMILES string of the molecule is CCN(C(=O)n1ccnc1)C1CCNCC1. The van der Waals surface area contributed by atoms with Gasteiger partial charge < -0.3 is 10.2 Å². The summed E-state index contributed by atoms with van der Waals surface area (Å²) < 4.78 is 1.55. The second kappa shape index (κ2) is 5.12. The molecule has 0 radical (unpaired) electrons. The molecule has 1 fully saturated rings. The quantitative estimate of drug-likeness (QED) is 0.809. The molecule has 0 aliphatic carbocycles. The maximum Gasteiger partial charge on any atom is 0.329 e. The molecule has 1 saturated heterocycles. The second-order valence-electron chi connectivity index (χ2n) is 4.02. The summed E-state index contributed by atoms with van der Waals surface area (Å²) in [6.45, 7) is 4.77. The lowest BCUT2D eigenvalue weighted by Gasteiger charge is -2.33. The smallest absolute Gasteiger partial charge is 0.321 e. The van der Waals surface area contributed by atoms with Gasteiger partial charge in [0.25, 0.3) is 0 Å². The number of carbonyl (C=O) groups excluding carboxylic acids is 1. The fraction of sp³-hybridized carbons (Fsp3) is 0.636. The van der Waals surface area contributed by atoms with E-state index in [1.165, 1.54) is 0 Å². The highest BCUT2D eigenvalue weighted by atomic mass is 16.2. The van der Waals surface area contributed by atoms with Gasteiger partial charge in [0.2, 0.25) is 0 Å². The van der Waals surface area contributed by atoms with Crippen LogP contribution in [0.3, 0.4) is 0 Å². The summed E-state index contributed by atoms with van der Waals surface area (Å²) in [5.74, 6) is 0. The predicted molar refractivity (Wildman–Crippen MR) is 61.3 cm³/mol. The van der Waals surface area contributed by atoms with E-state index in [9.17, 15) is 4.79 Å². The van der Waals surface area contributed by atoms with E-state index in [-0.39, 0.29) is 6.03 Å². The minimum Gasteiger partial charge on any atom is -0.321 e. The number of nitrogens with zero attached hydrogens (tertiary/aromatic N) is 3. The summed E-state index contributed by atoms with van der Waals surface area (Å²) in [5, 5.41) is 3.31. The lowest BCUT2D eigenvalue weighted by Crippen LogP contribution is -2.47. The summed E-state index contributed by atoms with van der Waals surface area (Å²) in [4.78, 5) is 18.0. The van der Waals surface area contributed by atoms with Gasteiger partial charge in [-0.05, 0) is 32.9 Å². The van der Waals surface area contributed by atoms with Crippen LogP contribution < -0.4 is 5.32 Å². The van der Waals surface area contributed by atoms with Crippen molar-refractivity contribution in [1.29, 1.82) is 0 Å². The number of aromatic nitrogens is 2. The molecule has 1 amide bonds. The largest absolute Gasteiger partial charge is 0.329 e. The summed E-state index contributed by atoms with van der Waals surface area (Å²) in [6, 6.07) is 0.396. The van der Waals surface area contributed by atoms with Crippen LogP contribution in [0, 0.1) is 0 Å². The van der Waals surface area contributed by atoms with Crippen molar-refractivity contribution in [3.05, 3.63) is 18.7 Å². The van der Waals surface area contributed by atoms with Crippen LogP contribution >= 0.6 is 0 Å². The van der Waals surface area contributed by atoms with Crippen LogP contribution in [0.25, 0.3) is 0 Å². The zero-order valence-corrected chi connectivity index (χ0v) is 9.59. The van der Waals surface area contributed by atoms with Crippen LogP contribution in [0.15, 0.2) is 18.7 Å². The first kappa shape index (κ1) is 11.1. The van der Waals surface area contributed by atoms with Crippen LogP contribution in [-0.2, 0) is 0 Å². The molecule has 0 aromatic carbocycles. The van der Waals surface area contributed by atoms with Crippen molar-refractivity contribution >= 4 is 6.03 Å². The Balaban J connectivity index is 2.06. The highest BCUT2D eigenvalue weighted by Gasteiger charge is 2.24. The molecule has 16 heavy (non-hydrogen) atoms. The van der Waals surface area contributed by atoms with Gasteiger partial charge in [0.05, 0.1) is 0 Å². The van der Waals surface area contributed by atoms with E-state index in [1.807, 2.05) is 11.8 Å². The predicted octanol–water partition coefficient (Wildman–Crippen LogP) is 0.925. The fourth-order valence-corrected chi connectivity index (χ4v) is 2.19. The van der Waals surface area contributed by atoms with E-state index < -0.39 is 0 Å². The van der Waals surface area contributed by atoms with Crippen LogP contribution in [0.5, 0.6) is 0 Å². The van der Waals surface area contributed by atoms with E-state index in [1.54, 1.807) is 23.3 Å². The van der Waals surface area contributed by atoms with Gasteiger partial charge >= 0.3 is 6.03 Å². The molecular weight excluding hydrogens is 204 g/mol. The molecule has 1 aromatic heterocycles.